The van der Waals surface area contributed by atoms with Gasteiger partial charge >= 0.3 is 0 Å². The van der Waals surface area contributed by atoms with E-state index in [4.69, 9.17) is 9.47 Å². The van der Waals surface area contributed by atoms with Gasteiger partial charge in [0.15, 0.2) is 0 Å². The molecule has 0 aromatic rings. The average molecular weight is 378 g/mol. The van der Waals surface area contributed by atoms with Gasteiger partial charge in [-0.3, -0.25) is 0 Å². The van der Waals surface area contributed by atoms with Crippen molar-refractivity contribution in [1.82, 2.24) is 4.90 Å². The highest BCUT2D eigenvalue weighted by Crippen LogP contribution is 2.70. The van der Waals surface area contributed by atoms with Crippen LogP contribution in [0, 0.1) is 34.5 Å². The van der Waals surface area contributed by atoms with Gasteiger partial charge in [0.1, 0.15) is 0 Å². The quantitative estimate of drug-likeness (QED) is 0.767. The summed E-state index contributed by atoms with van der Waals surface area (Å²) in [6.07, 6.45) is 7.99. The second-order valence-electron chi connectivity index (χ2n) is 11.1. The summed E-state index contributed by atoms with van der Waals surface area (Å²) in [4.78, 5) is 2.52. The molecule has 0 aromatic heterocycles. The molecule has 0 radical (unpaired) electrons. The van der Waals surface area contributed by atoms with Gasteiger partial charge in [0, 0.05) is 18.1 Å². The summed E-state index contributed by atoms with van der Waals surface area (Å²) in [5.41, 5.74) is 0.656. The van der Waals surface area contributed by atoms with E-state index >= 15 is 0 Å². The molecule has 1 aliphatic heterocycles. The van der Waals surface area contributed by atoms with Gasteiger partial charge in [-0.2, -0.15) is 0 Å². The normalized spacial score (nSPS) is 59.0. The zero-order chi connectivity index (χ0) is 19.1. The van der Waals surface area contributed by atoms with Crippen molar-refractivity contribution in [2.75, 3.05) is 20.7 Å². The molecule has 5 rings (SSSR count). The van der Waals surface area contributed by atoms with Crippen molar-refractivity contribution in [2.45, 2.75) is 89.8 Å². The van der Waals surface area contributed by atoms with Crippen molar-refractivity contribution in [3.63, 3.8) is 0 Å². The number of nitrogens with zero attached hydrogens (tertiary/aromatic N) is 1. The number of hydrogen-bond donors (Lipinski definition) is 1. The van der Waals surface area contributed by atoms with E-state index in [1.54, 1.807) is 0 Å². The van der Waals surface area contributed by atoms with Gasteiger partial charge in [0.2, 0.25) is 0 Å². The van der Waals surface area contributed by atoms with Gasteiger partial charge in [-0.1, -0.05) is 13.8 Å². The van der Waals surface area contributed by atoms with Crippen molar-refractivity contribution in [2.24, 2.45) is 34.5 Å². The summed E-state index contributed by atoms with van der Waals surface area (Å²) in [6.45, 7) is 7.85. The molecule has 0 unspecified atom stereocenters. The summed E-state index contributed by atoms with van der Waals surface area (Å²) >= 11 is 0. The predicted octanol–water partition coefficient (Wildman–Crippen LogP) is 3.32. The molecule has 154 valence electrons. The molecule has 11 atom stereocenters. The fourth-order valence-electron chi connectivity index (χ4n) is 8.57. The van der Waals surface area contributed by atoms with Gasteiger partial charge in [0.25, 0.3) is 0 Å². The number of rotatable bonds is 3. The molecule has 1 saturated heterocycles. The Balaban J connectivity index is 1.51. The minimum absolute atomic E-state index is 0.0198. The number of aliphatic hydroxyl groups is 1. The van der Waals surface area contributed by atoms with Crippen LogP contribution in [-0.4, -0.2) is 61.2 Å². The fourth-order valence-corrected chi connectivity index (χ4v) is 8.57. The number of ether oxygens (including phenoxy) is 2. The minimum Gasteiger partial charge on any atom is -0.390 e. The molecular formula is C23H39NO3. The van der Waals surface area contributed by atoms with Crippen LogP contribution in [-0.2, 0) is 9.47 Å². The van der Waals surface area contributed by atoms with E-state index in [1.807, 2.05) is 0 Å². The van der Waals surface area contributed by atoms with Crippen molar-refractivity contribution >= 4 is 0 Å². The van der Waals surface area contributed by atoms with Crippen LogP contribution < -0.4 is 0 Å². The summed E-state index contributed by atoms with van der Waals surface area (Å²) in [5.74, 6) is 3.01. The molecule has 1 N–H and O–H groups in total. The molecule has 4 nitrogen and oxygen atoms in total. The molecule has 5 aliphatic rings. The second kappa shape index (κ2) is 6.17. The summed E-state index contributed by atoms with van der Waals surface area (Å²) in [7, 11) is 4.58. The fraction of sp³-hybridized carbons (Fsp3) is 1.00. The van der Waals surface area contributed by atoms with E-state index in [0.29, 0.717) is 36.2 Å². The lowest BCUT2D eigenvalue weighted by Crippen LogP contribution is -2.63. The highest BCUT2D eigenvalue weighted by atomic mass is 16.6. The molecule has 0 bridgehead atoms. The number of hydrogen-bond acceptors (Lipinski definition) is 4. The lowest BCUT2D eigenvalue weighted by atomic mass is 9.43. The molecule has 4 saturated carbocycles. The Bertz CT molecular complexity index is 596. The van der Waals surface area contributed by atoms with Crippen LogP contribution in [0.5, 0.6) is 0 Å². The van der Waals surface area contributed by atoms with Gasteiger partial charge in [-0.05, 0) is 88.6 Å². The Morgan fingerprint density at radius 3 is 2.59 bits per heavy atom. The Kier molecular flexibility index (Phi) is 4.30. The van der Waals surface area contributed by atoms with Crippen molar-refractivity contribution in [3.8, 4) is 0 Å². The SMILES string of the molecule is CCO[C@H]1C[C@@]2(C)[C@@H](CC[C@@H]3[C@@H]2[C@H](N(C)C)C[C@@]2(C)[C@H]3C[C@@H]3O[C@@H]32)C[C@@H]1O. The largest absolute Gasteiger partial charge is 0.390 e. The van der Waals surface area contributed by atoms with E-state index in [2.05, 4.69) is 39.8 Å². The third-order valence-electron chi connectivity index (χ3n) is 9.79. The number of epoxide rings is 1. The third kappa shape index (κ3) is 2.55. The first-order chi connectivity index (χ1) is 12.8. The molecule has 0 spiro atoms. The molecule has 27 heavy (non-hydrogen) atoms. The lowest BCUT2D eigenvalue weighted by Gasteiger charge is -2.64. The molecule has 1 heterocycles. The van der Waals surface area contributed by atoms with Crippen molar-refractivity contribution in [1.29, 1.82) is 0 Å². The van der Waals surface area contributed by atoms with Crippen LogP contribution in [0.4, 0.5) is 0 Å². The van der Waals surface area contributed by atoms with E-state index in [0.717, 1.165) is 30.6 Å². The van der Waals surface area contributed by atoms with Crippen LogP contribution in [0.2, 0.25) is 0 Å². The summed E-state index contributed by atoms with van der Waals surface area (Å²) in [6, 6.07) is 0.615. The number of fused-ring (bicyclic) bond motifs is 7. The van der Waals surface area contributed by atoms with Gasteiger partial charge in [0.05, 0.1) is 24.4 Å². The van der Waals surface area contributed by atoms with Gasteiger partial charge in [-0.25, -0.2) is 0 Å². The smallest absolute Gasteiger partial charge is 0.0898 e. The molecule has 0 amide bonds. The maximum Gasteiger partial charge on any atom is 0.0898 e. The van der Waals surface area contributed by atoms with E-state index < -0.39 is 0 Å². The maximum atomic E-state index is 10.7. The van der Waals surface area contributed by atoms with E-state index in [9.17, 15) is 5.11 Å². The van der Waals surface area contributed by atoms with Crippen molar-refractivity contribution in [3.05, 3.63) is 0 Å². The van der Waals surface area contributed by atoms with E-state index in [1.165, 1.54) is 25.7 Å². The number of aliphatic hydroxyl groups excluding tert-OH is 1. The van der Waals surface area contributed by atoms with Gasteiger partial charge < -0.3 is 19.5 Å². The van der Waals surface area contributed by atoms with E-state index in [-0.39, 0.29) is 17.6 Å². The first kappa shape index (κ1) is 18.8. The Hall–Kier alpha value is -0.160. The second-order valence-corrected chi connectivity index (χ2v) is 11.1. The molecule has 4 heteroatoms. The monoisotopic (exact) mass is 377 g/mol. The highest BCUT2D eigenvalue weighted by molar-refractivity contribution is 5.19. The standard InChI is InChI=1S/C23H39NO3/c1-6-26-19-12-22(2)13(9-17(19)25)7-8-14-15-10-18-21(27-18)23(15,3)11-16(20(14)22)24(4)5/h13-21,25H,6-12H2,1-5H3/t13-,14-,15-,16+,17-,18-,19-,20+,21-,22-,23-/m0/s1. The van der Waals surface area contributed by atoms with Crippen LogP contribution in [0.25, 0.3) is 0 Å². The molecule has 4 aliphatic carbocycles. The topological polar surface area (TPSA) is 45.2 Å². The van der Waals surface area contributed by atoms with Crippen molar-refractivity contribution < 1.29 is 14.6 Å². The predicted molar refractivity (Wildman–Crippen MR) is 105 cm³/mol. The first-order valence-corrected chi connectivity index (χ1v) is 11.4. The van der Waals surface area contributed by atoms with Crippen LogP contribution in [0.1, 0.15) is 59.3 Å². The summed E-state index contributed by atoms with van der Waals surface area (Å²) in [5, 5.41) is 10.7. The van der Waals surface area contributed by atoms with Crippen LogP contribution in [0.3, 0.4) is 0 Å². The third-order valence-corrected chi connectivity index (χ3v) is 9.79. The minimum atomic E-state index is -0.279. The zero-order valence-corrected chi connectivity index (χ0v) is 17.9. The Morgan fingerprint density at radius 1 is 1.11 bits per heavy atom. The zero-order valence-electron chi connectivity index (χ0n) is 17.9. The first-order valence-electron chi connectivity index (χ1n) is 11.4. The van der Waals surface area contributed by atoms with Crippen LogP contribution >= 0.6 is 0 Å². The maximum absolute atomic E-state index is 10.7. The molecule has 5 fully saturated rings. The molecular weight excluding hydrogens is 338 g/mol. The van der Waals surface area contributed by atoms with Crippen LogP contribution in [0.15, 0.2) is 0 Å². The molecule has 0 aromatic carbocycles. The Morgan fingerprint density at radius 2 is 1.89 bits per heavy atom. The van der Waals surface area contributed by atoms with Gasteiger partial charge in [-0.15, -0.1) is 0 Å². The Labute approximate surface area is 165 Å². The summed E-state index contributed by atoms with van der Waals surface area (Å²) < 4.78 is 12.1. The average Bonchev–Trinajstić information content (AvgIpc) is 3.33. The highest BCUT2D eigenvalue weighted by Gasteiger charge is 2.70. The lowest BCUT2D eigenvalue weighted by molar-refractivity contribution is -0.191.